The summed E-state index contributed by atoms with van der Waals surface area (Å²) in [7, 11) is 0. The molecular weight excluding hydrogens is 465 g/mol. The predicted molar refractivity (Wildman–Crippen MR) is 109 cm³/mol. The maximum absolute atomic E-state index is 14.1. The van der Waals surface area contributed by atoms with Gasteiger partial charge in [-0.2, -0.15) is 5.10 Å². The minimum Gasteiger partial charge on any atom is -0.458 e. The number of carbonyl (C=O) groups excluding carboxylic acids is 2. The Balaban J connectivity index is 1.38. The minimum absolute atomic E-state index is 0.00739. The quantitative estimate of drug-likeness (QED) is 0.433. The number of alkyl halides is 2. The zero-order chi connectivity index (χ0) is 23.3. The highest BCUT2D eigenvalue weighted by Gasteiger charge is 2.47. The molecular formula is C21H14ClF3N4O4. The smallest absolute Gasteiger partial charge is 0.342 e. The van der Waals surface area contributed by atoms with Crippen LogP contribution in [0.3, 0.4) is 0 Å². The number of rotatable bonds is 5. The number of ether oxygens (including phenoxy) is 1. The average molecular weight is 479 g/mol. The topological polar surface area (TPSA) is 98.7 Å². The van der Waals surface area contributed by atoms with Gasteiger partial charge in [0.1, 0.15) is 28.8 Å². The van der Waals surface area contributed by atoms with E-state index in [-0.39, 0.29) is 39.4 Å². The lowest BCUT2D eigenvalue weighted by Gasteiger charge is -2.33. The number of carbonyl (C=O) groups is 2. The number of aromatic nitrogens is 3. The van der Waals surface area contributed by atoms with Crippen molar-refractivity contribution < 1.29 is 31.9 Å². The molecule has 0 saturated heterocycles. The number of benzene rings is 1. The Morgan fingerprint density at radius 3 is 2.85 bits per heavy atom. The molecule has 1 fully saturated rings. The van der Waals surface area contributed by atoms with Gasteiger partial charge in [-0.15, -0.1) is 0 Å². The van der Waals surface area contributed by atoms with Gasteiger partial charge in [0.05, 0.1) is 17.8 Å². The Morgan fingerprint density at radius 1 is 1.30 bits per heavy atom. The van der Waals surface area contributed by atoms with Crippen molar-refractivity contribution in [2.45, 2.75) is 31.4 Å². The number of fused-ring (bicyclic) bond motifs is 2. The van der Waals surface area contributed by atoms with E-state index in [0.717, 1.165) is 12.1 Å². The highest BCUT2D eigenvalue weighted by Crippen LogP contribution is 2.40. The van der Waals surface area contributed by atoms with Gasteiger partial charge in [0.2, 0.25) is 0 Å². The molecule has 1 N–H and O–H groups in total. The largest absolute Gasteiger partial charge is 0.458 e. The second-order valence-electron chi connectivity index (χ2n) is 7.59. The van der Waals surface area contributed by atoms with E-state index in [1.807, 2.05) is 0 Å². The van der Waals surface area contributed by atoms with Crippen molar-refractivity contribution in [1.29, 1.82) is 0 Å². The molecule has 170 valence electrons. The van der Waals surface area contributed by atoms with Crippen LogP contribution in [-0.2, 0) is 11.3 Å². The number of nitrogens with zero attached hydrogens (tertiary/aromatic N) is 3. The van der Waals surface area contributed by atoms with E-state index < -0.39 is 42.6 Å². The van der Waals surface area contributed by atoms with Crippen molar-refractivity contribution in [1.82, 2.24) is 19.9 Å². The number of halogens is 4. The van der Waals surface area contributed by atoms with Crippen LogP contribution < -0.4 is 5.32 Å². The third-order valence-corrected chi connectivity index (χ3v) is 5.65. The van der Waals surface area contributed by atoms with Crippen LogP contribution in [0.15, 0.2) is 41.2 Å². The lowest BCUT2D eigenvalue weighted by Crippen LogP contribution is -2.42. The normalized spacial score (nSPS) is 15.5. The molecule has 1 aromatic carbocycles. The molecule has 1 aliphatic carbocycles. The van der Waals surface area contributed by atoms with Crippen LogP contribution in [0.4, 0.5) is 13.2 Å². The molecule has 3 aromatic heterocycles. The van der Waals surface area contributed by atoms with Crippen LogP contribution in [0.5, 0.6) is 0 Å². The van der Waals surface area contributed by atoms with Gasteiger partial charge < -0.3 is 14.5 Å². The van der Waals surface area contributed by atoms with E-state index in [1.165, 1.54) is 16.9 Å². The number of hydrogen-bond donors (Lipinski definition) is 1. The Bertz CT molecular complexity index is 1410. The lowest BCUT2D eigenvalue weighted by atomic mass is 9.91. The lowest BCUT2D eigenvalue weighted by molar-refractivity contribution is -0.146. The predicted octanol–water partition coefficient (Wildman–Crippen LogP) is 4.15. The molecule has 1 amide bonds. The number of hydrogen-bond acceptors (Lipinski definition) is 6. The summed E-state index contributed by atoms with van der Waals surface area (Å²) in [6, 6.07) is 3.61. The van der Waals surface area contributed by atoms with E-state index in [2.05, 4.69) is 15.4 Å². The van der Waals surface area contributed by atoms with Gasteiger partial charge in [0, 0.05) is 30.6 Å². The minimum atomic E-state index is -2.88. The fraction of sp³-hybridized carbons (Fsp3) is 0.238. The standard InChI is InChI=1S/C21H14ClF3N4O4/c22-16-12-4-10(23)5-13(20(31)32-11-6-21(24,25)7-11)17(12)33-15(16)9-27-19(30)14-8-28-29-3-1-2-26-18(14)29/h1-5,8,11H,6-7,9H2,(H,27,30). The van der Waals surface area contributed by atoms with Gasteiger partial charge in [-0.1, -0.05) is 11.6 Å². The fourth-order valence-electron chi connectivity index (χ4n) is 3.60. The van der Waals surface area contributed by atoms with Crippen molar-refractivity contribution in [3.05, 3.63) is 64.5 Å². The number of nitrogens with one attached hydrogen (secondary N) is 1. The summed E-state index contributed by atoms with van der Waals surface area (Å²) in [5.41, 5.74) is 0.209. The Labute approximate surface area is 188 Å². The van der Waals surface area contributed by atoms with Crippen molar-refractivity contribution in [2.75, 3.05) is 0 Å². The molecule has 1 saturated carbocycles. The van der Waals surface area contributed by atoms with Gasteiger partial charge in [-0.25, -0.2) is 27.5 Å². The van der Waals surface area contributed by atoms with Gasteiger partial charge in [-0.05, 0) is 18.2 Å². The molecule has 33 heavy (non-hydrogen) atoms. The van der Waals surface area contributed by atoms with Gasteiger partial charge >= 0.3 is 5.97 Å². The van der Waals surface area contributed by atoms with E-state index in [1.54, 1.807) is 12.3 Å². The first-order valence-corrected chi connectivity index (χ1v) is 10.2. The summed E-state index contributed by atoms with van der Waals surface area (Å²) < 4.78 is 52.3. The van der Waals surface area contributed by atoms with Crippen LogP contribution >= 0.6 is 11.6 Å². The first-order valence-electron chi connectivity index (χ1n) is 9.77. The molecule has 1 aliphatic rings. The molecule has 0 aliphatic heterocycles. The zero-order valence-corrected chi connectivity index (χ0v) is 17.4. The zero-order valence-electron chi connectivity index (χ0n) is 16.6. The Hall–Kier alpha value is -3.60. The monoisotopic (exact) mass is 478 g/mol. The van der Waals surface area contributed by atoms with Crippen LogP contribution in [-0.4, -0.2) is 38.5 Å². The number of amides is 1. The first-order chi connectivity index (χ1) is 15.7. The molecule has 0 bridgehead atoms. The van der Waals surface area contributed by atoms with E-state index in [4.69, 9.17) is 20.8 Å². The summed E-state index contributed by atoms with van der Waals surface area (Å²) in [6.07, 6.45) is 2.36. The fourth-order valence-corrected chi connectivity index (χ4v) is 3.84. The highest BCUT2D eigenvalue weighted by atomic mass is 35.5. The molecule has 12 heteroatoms. The van der Waals surface area contributed by atoms with Crippen LogP contribution in [0, 0.1) is 5.82 Å². The average Bonchev–Trinajstić information content (AvgIpc) is 3.32. The second-order valence-corrected chi connectivity index (χ2v) is 7.97. The Kier molecular flexibility index (Phi) is 5.00. The number of esters is 1. The van der Waals surface area contributed by atoms with Crippen LogP contribution in [0.25, 0.3) is 16.6 Å². The maximum Gasteiger partial charge on any atom is 0.342 e. The summed E-state index contributed by atoms with van der Waals surface area (Å²) in [4.78, 5) is 29.2. The second kappa shape index (κ2) is 7.77. The summed E-state index contributed by atoms with van der Waals surface area (Å²) >= 11 is 6.30. The van der Waals surface area contributed by atoms with Crippen molar-refractivity contribution >= 4 is 40.1 Å². The molecule has 4 aromatic rings. The molecule has 0 radical (unpaired) electrons. The van der Waals surface area contributed by atoms with E-state index in [9.17, 15) is 22.8 Å². The van der Waals surface area contributed by atoms with Crippen LogP contribution in [0.1, 0.15) is 39.3 Å². The van der Waals surface area contributed by atoms with Crippen molar-refractivity contribution in [3.8, 4) is 0 Å². The molecule has 0 unspecified atom stereocenters. The van der Waals surface area contributed by atoms with E-state index >= 15 is 0 Å². The molecule has 5 rings (SSSR count). The third-order valence-electron chi connectivity index (χ3n) is 5.24. The van der Waals surface area contributed by atoms with Gasteiger partial charge in [-0.3, -0.25) is 4.79 Å². The maximum atomic E-state index is 14.1. The van der Waals surface area contributed by atoms with Gasteiger partial charge in [0.25, 0.3) is 11.8 Å². The highest BCUT2D eigenvalue weighted by molar-refractivity contribution is 6.36. The molecule has 3 heterocycles. The van der Waals surface area contributed by atoms with Crippen molar-refractivity contribution in [3.63, 3.8) is 0 Å². The SMILES string of the molecule is O=C(OC1CC(F)(F)C1)c1cc(F)cc2c(Cl)c(CNC(=O)c3cnn4cccnc34)oc12. The third kappa shape index (κ3) is 3.88. The molecule has 0 spiro atoms. The van der Waals surface area contributed by atoms with Crippen molar-refractivity contribution in [2.24, 2.45) is 0 Å². The Morgan fingerprint density at radius 2 is 2.09 bits per heavy atom. The summed E-state index contributed by atoms with van der Waals surface area (Å²) in [5.74, 6) is -5.10. The number of furan rings is 1. The summed E-state index contributed by atoms with van der Waals surface area (Å²) in [5, 5.41) is 6.73. The molecule has 0 atom stereocenters. The van der Waals surface area contributed by atoms with E-state index in [0.29, 0.717) is 5.65 Å². The first kappa shape index (κ1) is 21.3. The van der Waals surface area contributed by atoms with Gasteiger partial charge in [0.15, 0.2) is 11.2 Å². The van der Waals surface area contributed by atoms with Crippen LogP contribution in [0.2, 0.25) is 5.02 Å². The summed E-state index contributed by atoms with van der Waals surface area (Å²) in [6.45, 7) is -0.179. The molecule has 8 nitrogen and oxygen atoms in total.